The third-order valence-electron chi connectivity index (χ3n) is 5.07. The van der Waals surface area contributed by atoms with E-state index in [-0.39, 0.29) is 12.2 Å². The summed E-state index contributed by atoms with van der Waals surface area (Å²) in [5, 5.41) is 2.88. The van der Waals surface area contributed by atoms with Crippen LogP contribution in [0.5, 0.6) is 0 Å². The highest BCUT2D eigenvalue weighted by atomic mass is 16.6. The summed E-state index contributed by atoms with van der Waals surface area (Å²) in [6.07, 6.45) is 1.96. The van der Waals surface area contributed by atoms with E-state index in [1.165, 1.54) is 0 Å². The Morgan fingerprint density at radius 1 is 1.00 bits per heavy atom. The van der Waals surface area contributed by atoms with Crippen LogP contribution in [0.15, 0.2) is 54.6 Å². The van der Waals surface area contributed by atoms with Gasteiger partial charge >= 0.3 is 6.09 Å². The Morgan fingerprint density at radius 2 is 1.75 bits per heavy atom. The number of carbonyl (C=O) groups is 1. The summed E-state index contributed by atoms with van der Waals surface area (Å²) in [5.74, 6) is 0.524. The highest BCUT2D eigenvalue weighted by Gasteiger charge is 2.36. The maximum Gasteiger partial charge on any atom is 0.411 e. The highest BCUT2D eigenvalue weighted by Crippen LogP contribution is 2.30. The van der Waals surface area contributed by atoms with Crippen molar-refractivity contribution in [1.29, 1.82) is 0 Å². The maximum atomic E-state index is 12.3. The quantitative estimate of drug-likeness (QED) is 0.929. The zero-order chi connectivity index (χ0) is 16.4. The van der Waals surface area contributed by atoms with Crippen molar-refractivity contribution in [2.24, 2.45) is 5.92 Å². The van der Waals surface area contributed by atoms with Crippen LogP contribution in [0.25, 0.3) is 11.1 Å². The number of fused-ring (bicyclic) bond motifs is 3. The Balaban J connectivity index is 1.41. The van der Waals surface area contributed by atoms with Crippen LogP contribution >= 0.6 is 0 Å². The van der Waals surface area contributed by atoms with E-state index in [0.717, 1.165) is 49.3 Å². The van der Waals surface area contributed by atoms with E-state index < -0.39 is 0 Å². The zero-order valence-corrected chi connectivity index (χ0v) is 13.7. The molecule has 3 aliphatic heterocycles. The molecule has 2 bridgehead atoms. The summed E-state index contributed by atoms with van der Waals surface area (Å²) >= 11 is 0. The third kappa shape index (κ3) is 3.29. The molecule has 3 fully saturated rings. The van der Waals surface area contributed by atoms with E-state index in [1.54, 1.807) is 0 Å². The van der Waals surface area contributed by atoms with Gasteiger partial charge in [0.15, 0.2) is 0 Å². The summed E-state index contributed by atoms with van der Waals surface area (Å²) in [6.45, 7) is 3.17. The maximum absolute atomic E-state index is 12.3. The molecule has 1 amide bonds. The third-order valence-corrected chi connectivity index (χ3v) is 5.07. The van der Waals surface area contributed by atoms with E-state index in [2.05, 4.69) is 22.3 Å². The van der Waals surface area contributed by atoms with Crippen molar-refractivity contribution in [3.05, 3.63) is 54.6 Å². The lowest BCUT2D eigenvalue weighted by molar-refractivity contribution is -0.0289. The van der Waals surface area contributed by atoms with Crippen LogP contribution in [0.1, 0.15) is 12.8 Å². The van der Waals surface area contributed by atoms with Crippen molar-refractivity contribution >= 4 is 11.8 Å². The van der Waals surface area contributed by atoms with Gasteiger partial charge in [-0.2, -0.15) is 0 Å². The minimum Gasteiger partial charge on any atom is -0.444 e. The SMILES string of the molecule is O=C(Nc1cccc(-c2ccccc2)c1)OC1CN2CCC1CC2. The molecule has 2 aromatic carbocycles. The number of benzene rings is 2. The fraction of sp³-hybridized carbons (Fsp3) is 0.350. The number of nitrogens with zero attached hydrogens (tertiary/aromatic N) is 1. The smallest absolute Gasteiger partial charge is 0.411 e. The molecule has 5 rings (SSSR count). The summed E-state index contributed by atoms with van der Waals surface area (Å²) in [7, 11) is 0. The molecule has 0 aromatic heterocycles. The summed E-state index contributed by atoms with van der Waals surface area (Å²) in [6, 6.07) is 18.0. The Bertz CT molecular complexity index is 709. The van der Waals surface area contributed by atoms with Gasteiger partial charge < -0.3 is 4.74 Å². The molecule has 124 valence electrons. The second-order valence-electron chi connectivity index (χ2n) is 6.65. The van der Waals surface area contributed by atoms with E-state index in [0.29, 0.717) is 5.92 Å². The summed E-state index contributed by atoms with van der Waals surface area (Å²) in [4.78, 5) is 14.6. The Labute approximate surface area is 142 Å². The van der Waals surface area contributed by atoms with Gasteiger partial charge in [-0.15, -0.1) is 0 Å². The first kappa shape index (κ1) is 15.2. The first-order valence-corrected chi connectivity index (χ1v) is 8.63. The molecule has 1 atom stereocenters. The zero-order valence-electron chi connectivity index (χ0n) is 13.7. The van der Waals surface area contributed by atoms with Gasteiger partial charge in [-0.3, -0.25) is 10.2 Å². The second kappa shape index (κ2) is 6.65. The lowest BCUT2D eigenvalue weighted by Gasteiger charge is -2.43. The molecule has 0 spiro atoms. The van der Waals surface area contributed by atoms with Crippen molar-refractivity contribution < 1.29 is 9.53 Å². The van der Waals surface area contributed by atoms with Crippen molar-refractivity contribution in [3.63, 3.8) is 0 Å². The first-order chi connectivity index (χ1) is 11.8. The number of ether oxygens (including phenoxy) is 1. The molecule has 4 heteroatoms. The first-order valence-electron chi connectivity index (χ1n) is 8.63. The fourth-order valence-corrected chi connectivity index (χ4v) is 3.74. The van der Waals surface area contributed by atoms with Gasteiger partial charge in [-0.1, -0.05) is 42.5 Å². The molecule has 0 radical (unpaired) electrons. The number of hydrogen-bond acceptors (Lipinski definition) is 3. The summed E-state index contributed by atoms with van der Waals surface area (Å²) in [5.41, 5.74) is 2.98. The molecule has 3 aliphatic rings. The molecule has 3 saturated heterocycles. The number of piperidine rings is 3. The fourth-order valence-electron chi connectivity index (χ4n) is 3.74. The van der Waals surface area contributed by atoms with Crippen LogP contribution in [-0.4, -0.2) is 36.7 Å². The lowest BCUT2D eigenvalue weighted by Crippen LogP contribution is -2.52. The predicted molar refractivity (Wildman–Crippen MR) is 94.9 cm³/mol. The van der Waals surface area contributed by atoms with Gasteiger partial charge in [0, 0.05) is 12.2 Å². The standard InChI is InChI=1S/C20H22N2O2/c23-20(24-19-14-22-11-9-16(19)10-12-22)21-18-8-4-7-17(13-18)15-5-2-1-3-6-15/h1-8,13,16,19H,9-12,14H2,(H,21,23). The van der Waals surface area contributed by atoms with Gasteiger partial charge in [-0.05, 0) is 55.1 Å². The average molecular weight is 322 g/mol. The number of carbonyl (C=O) groups excluding carboxylic acids is 1. The van der Waals surface area contributed by atoms with Gasteiger partial charge in [0.25, 0.3) is 0 Å². The summed E-state index contributed by atoms with van der Waals surface area (Å²) < 4.78 is 5.68. The predicted octanol–water partition coefficient (Wildman–Crippen LogP) is 4.00. The molecule has 0 aliphatic carbocycles. The second-order valence-corrected chi connectivity index (χ2v) is 6.65. The largest absolute Gasteiger partial charge is 0.444 e. The van der Waals surface area contributed by atoms with Crippen molar-refractivity contribution in [2.45, 2.75) is 18.9 Å². The van der Waals surface area contributed by atoms with E-state index in [1.807, 2.05) is 42.5 Å². The average Bonchev–Trinajstić information content (AvgIpc) is 2.63. The molecule has 24 heavy (non-hydrogen) atoms. The minimum absolute atomic E-state index is 0.0322. The number of rotatable bonds is 3. The topological polar surface area (TPSA) is 41.6 Å². The molecule has 1 unspecified atom stereocenters. The highest BCUT2D eigenvalue weighted by molar-refractivity contribution is 5.86. The molecular formula is C20H22N2O2. The van der Waals surface area contributed by atoms with Crippen LogP contribution in [0.3, 0.4) is 0 Å². The molecule has 1 N–H and O–H groups in total. The number of nitrogens with one attached hydrogen (secondary N) is 1. The number of amides is 1. The lowest BCUT2D eigenvalue weighted by atomic mass is 9.86. The monoisotopic (exact) mass is 322 g/mol. The minimum atomic E-state index is -0.348. The Hall–Kier alpha value is -2.33. The van der Waals surface area contributed by atoms with Crippen LogP contribution in [0.4, 0.5) is 10.5 Å². The van der Waals surface area contributed by atoms with Crippen LogP contribution in [0, 0.1) is 5.92 Å². The number of anilines is 1. The van der Waals surface area contributed by atoms with E-state index >= 15 is 0 Å². The van der Waals surface area contributed by atoms with Gasteiger partial charge in [0.05, 0.1) is 0 Å². The van der Waals surface area contributed by atoms with Crippen LogP contribution in [0.2, 0.25) is 0 Å². The Kier molecular flexibility index (Phi) is 4.22. The molecular weight excluding hydrogens is 300 g/mol. The van der Waals surface area contributed by atoms with E-state index in [4.69, 9.17) is 4.74 Å². The molecule has 3 heterocycles. The van der Waals surface area contributed by atoms with Crippen molar-refractivity contribution in [1.82, 2.24) is 4.90 Å². The van der Waals surface area contributed by atoms with Gasteiger partial charge in [-0.25, -0.2) is 4.79 Å². The van der Waals surface area contributed by atoms with Gasteiger partial charge in [0.2, 0.25) is 0 Å². The van der Waals surface area contributed by atoms with E-state index in [9.17, 15) is 4.79 Å². The van der Waals surface area contributed by atoms with Crippen molar-refractivity contribution in [2.75, 3.05) is 25.0 Å². The normalized spacial score (nSPS) is 25.2. The van der Waals surface area contributed by atoms with Crippen LogP contribution in [-0.2, 0) is 4.74 Å². The molecule has 4 nitrogen and oxygen atoms in total. The Morgan fingerprint density at radius 3 is 2.46 bits per heavy atom. The molecule has 0 saturated carbocycles. The van der Waals surface area contributed by atoms with Crippen molar-refractivity contribution in [3.8, 4) is 11.1 Å². The van der Waals surface area contributed by atoms with Crippen LogP contribution < -0.4 is 5.32 Å². The number of hydrogen-bond donors (Lipinski definition) is 1. The molecule has 2 aromatic rings. The van der Waals surface area contributed by atoms with Gasteiger partial charge in [0.1, 0.15) is 6.10 Å².